The van der Waals surface area contributed by atoms with E-state index in [0.29, 0.717) is 30.8 Å². The van der Waals surface area contributed by atoms with Crippen LogP contribution in [0.5, 0.6) is 0 Å². The Morgan fingerprint density at radius 2 is 2.10 bits per heavy atom. The molecule has 8 N–H and O–H groups in total. The lowest BCUT2D eigenvalue weighted by atomic mass is 10.1. The lowest BCUT2D eigenvalue weighted by Crippen LogP contribution is -2.43. The van der Waals surface area contributed by atoms with Gasteiger partial charge in [-0.1, -0.05) is 0 Å². The number of nitrogens with two attached hydrogens (primary N) is 2. The fourth-order valence-electron chi connectivity index (χ4n) is 3.64. The third-order valence-electron chi connectivity index (χ3n) is 5.41. The summed E-state index contributed by atoms with van der Waals surface area (Å²) in [5, 5.41) is 33.3. The van der Waals surface area contributed by atoms with Crippen molar-refractivity contribution in [3.8, 4) is 0 Å². The number of nitrogens with one attached hydrogen (secondary N) is 1. The quantitative estimate of drug-likeness (QED) is 0.206. The van der Waals surface area contributed by atoms with E-state index >= 15 is 0 Å². The van der Waals surface area contributed by atoms with Crippen molar-refractivity contribution in [3.63, 3.8) is 0 Å². The van der Waals surface area contributed by atoms with Gasteiger partial charge in [0.2, 0.25) is 0 Å². The zero-order chi connectivity index (χ0) is 22.5. The van der Waals surface area contributed by atoms with E-state index in [4.69, 9.17) is 21.3 Å². The third-order valence-corrected chi connectivity index (χ3v) is 5.41. The molecule has 3 rings (SSSR count). The lowest BCUT2D eigenvalue weighted by molar-refractivity contribution is -0.138. The first kappa shape index (κ1) is 23.2. The van der Waals surface area contributed by atoms with Gasteiger partial charge in [-0.2, -0.15) is 0 Å². The highest BCUT2D eigenvalue weighted by atomic mass is 16.6. The molecule has 2 aromatic rings. The number of aliphatic hydroxyl groups is 2. The van der Waals surface area contributed by atoms with Crippen molar-refractivity contribution >= 4 is 23.0 Å². The molecule has 0 aliphatic carbocycles. The van der Waals surface area contributed by atoms with Crippen molar-refractivity contribution in [2.24, 2.45) is 5.73 Å². The Bertz CT molecular complexity index is 880. The Labute approximate surface area is 179 Å². The van der Waals surface area contributed by atoms with E-state index in [2.05, 4.69) is 20.3 Å². The number of nitrogen functional groups attached to an aromatic ring is 1. The van der Waals surface area contributed by atoms with Gasteiger partial charge in [-0.05, 0) is 33.0 Å². The van der Waals surface area contributed by atoms with Crippen molar-refractivity contribution < 1.29 is 24.9 Å². The molecule has 0 aromatic carbocycles. The molecule has 1 aliphatic rings. The standard InChI is InChI=1S/C18H30N8O5/c1-21-4-2-5-25(6-3-10(19)18(29)30)7-11-13(27)14(28)17(31-11)26-9-24-12-15(20)22-8-23-16(12)26/h8-11,13-14,17,21,27-28H,2-7,19H2,1H3,(H,29,30)(H2,20,22,23)/t10-,11+,13+,14+,17+/m0/s1. The number of nitrogens with zero attached hydrogens (tertiary/aromatic N) is 5. The zero-order valence-electron chi connectivity index (χ0n) is 17.3. The molecule has 5 atom stereocenters. The SMILES string of the molecule is CNCCCN(CC[C@H](N)C(=O)O)C[C@H]1O[C@@H](n2cnc3c(N)ncnc32)[C@H](O)[C@@H]1O. The number of carbonyl (C=O) groups is 1. The minimum absolute atomic E-state index is 0.207. The van der Waals surface area contributed by atoms with E-state index in [1.807, 2.05) is 11.9 Å². The molecule has 3 heterocycles. The maximum absolute atomic E-state index is 11.0. The van der Waals surface area contributed by atoms with Gasteiger partial charge < -0.3 is 41.7 Å². The molecule has 172 valence electrons. The number of ether oxygens (including phenoxy) is 1. The van der Waals surface area contributed by atoms with Crippen LogP contribution in [0.4, 0.5) is 5.82 Å². The minimum atomic E-state index is -1.21. The molecule has 0 amide bonds. The molecule has 0 spiro atoms. The molecule has 1 fully saturated rings. The van der Waals surface area contributed by atoms with E-state index in [1.54, 1.807) is 0 Å². The first-order valence-corrected chi connectivity index (χ1v) is 10.1. The number of fused-ring (bicyclic) bond motifs is 1. The number of aliphatic hydroxyl groups excluding tert-OH is 2. The van der Waals surface area contributed by atoms with Crippen LogP contribution >= 0.6 is 0 Å². The monoisotopic (exact) mass is 438 g/mol. The second-order valence-electron chi connectivity index (χ2n) is 7.62. The largest absolute Gasteiger partial charge is 0.480 e. The van der Waals surface area contributed by atoms with E-state index in [9.17, 15) is 15.0 Å². The van der Waals surface area contributed by atoms with Crippen molar-refractivity contribution in [1.29, 1.82) is 0 Å². The molecule has 0 unspecified atom stereocenters. The summed E-state index contributed by atoms with van der Waals surface area (Å²) in [6.07, 6.45) is -0.162. The molecule has 13 nitrogen and oxygen atoms in total. The fourth-order valence-corrected chi connectivity index (χ4v) is 3.64. The number of hydrogen-bond acceptors (Lipinski definition) is 11. The van der Waals surface area contributed by atoms with Gasteiger partial charge in [0, 0.05) is 13.1 Å². The summed E-state index contributed by atoms with van der Waals surface area (Å²) in [6.45, 7) is 2.15. The Morgan fingerprint density at radius 1 is 1.32 bits per heavy atom. The maximum Gasteiger partial charge on any atom is 0.320 e. The highest BCUT2D eigenvalue weighted by molar-refractivity contribution is 5.81. The van der Waals surface area contributed by atoms with Crippen LogP contribution in [-0.2, 0) is 9.53 Å². The second kappa shape index (κ2) is 10.3. The van der Waals surface area contributed by atoms with Gasteiger partial charge in [-0.15, -0.1) is 0 Å². The molecular formula is C18H30N8O5. The average Bonchev–Trinajstić information content (AvgIpc) is 3.29. The van der Waals surface area contributed by atoms with Crippen molar-refractivity contribution in [1.82, 2.24) is 29.7 Å². The van der Waals surface area contributed by atoms with Crippen molar-refractivity contribution in [2.75, 3.05) is 39.0 Å². The smallest absolute Gasteiger partial charge is 0.320 e. The Hall–Kier alpha value is -2.42. The second-order valence-corrected chi connectivity index (χ2v) is 7.62. The number of anilines is 1. The Kier molecular flexibility index (Phi) is 7.69. The van der Waals surface area contributed by atoms with Crippen LogP contribution in [0.15, 0.2) is 12.7 Å². The summed E-state index contributed by atoms with van der Waals surface area (Å²) in [5.41, 5.74) is 12.2. The van der Waals surface area contributed by atoms with Crippen LogP contribution in [0.2, 0.25) is 0 Å². The Balaban J connectivity index is 1.71. The summed E-state index contributed by atoms with van der Waals surface area (Å²) in [7, 11) is 1.85. The van der Waals surface area contributed by atoms with E-state index in [-0.39, 0.29) is 12.2 Å². The number of rotatable bonds is 11. The normalized spacial score (nSPS) is 24.8. The lowest BCUT2D eigenvalue weighted by Gasteiger charge is -2.27. The highest BCUT2D eigenvalue weighted by Crippen LogP contribution is 2.32. The highest BCUT2D eigenvalue weighted by Gasteiger charge is 2.44. The van der Waals surface area contributed by atoms with Gasteiger partial charge in [0.1, 0.15) is 36.2 Å². The molecule has 1 saturated heterocycles. The molecule has 2 aromatic heterocycles. The first-order valence-electron chi connectivity index (χ1n) is 10.1. The zero-order valence-corrected chi connectivity index (χ0v) is 17.3. The summed E-state index contributed by atoms with van der Waals surface area (Å²) in [6, 6.07) is -0.970. The molecule has 31 heavy (non-hydrogen) atoms. The predicted molar refractivity (Wildman–Crippen MR) is 111 cm³/mol. The molecule has 0 saturated carbocycles. The van der Waals surface area contributed by atoms with Crippen LogP contribution < -0.4 is 16.8 Å². The van der Waals surface area contributed by atoms with Crippen molar-refractivity contribution in [3.05, 3.63) is 12.7 Å². The molecule has 0 radical (unpaired) electrons. The summed E-state index contributed by atoms with van der Waals surface area (Å²) >= 11 is 0. The van der Waals surface area contributed by atoms with Gasteiger partial charge in [0.25, 0.3) is 0 Å². The Morgan fingerprint density at radius 3 is 2.81 bits per heavy atom. The van der Waals surface area contributed by atoms with Gasteiger partial charge in [0.15, 0.2) is 17.7 Å². The first-order chi connectivity index (χ1) is 14.8. The summed E-state index contributed by atoms with van der Waals surface area (Å²) < 4.78 is 7.51. The van der Waals surface area contributed by atoms with Gasteiger partial charge in [0.05, 0.1) is 6.33 Å². The van der Waals surface area contributed by atoms with Gasteiger partial charge in [-0.3, -0.25) is 9.36 Å². The summed E-state index contributed by atoms with van der Waals surface area (Å²) in [4.78, 5) is 25.2. The van der Waals surface area contributed by atoms with E-state index < -0.39 is 36.6 Å². The van der Waals surface area contributed by atoms with Crippen molar-refractivity contribution in [2.45, 2.75) is 43.4 Å². The fraction of sp³-hybridized carbons (Fsp3) is 0.667. The minimum Gasteiger partial charge on any atom is -0.480 e. The van der Waals surface area contributed by atoms with E-state index in [0.717, 1.165) is 13.0 Å². The van der Waals surface area contributed by atoms with E-state index in [1.165, 1.54) is 17.2 Å². The van der Waals surface area contributed by atoms with Crippen LogP contribution in [-0.4, -0.2) is 103 Å². The van der Waals surface area contributed by atoms with Crippen LogP contribution in [0, 0.1) is 0 Å². The number of aliphatic carboxylic acids is 1. The molecular weight excluding hydrogens is 408 g/mol. The average molecular weight is 438 g/mol. The summed E-state index contributed by atoms with van der Waals surface area (Å²) in [5.74, 6) is -0.852. The molecule has 13 heteroatoms. The maximum atomic E-state index is 11.0. The predicted octanol–water partition coefficient (Wildman–Crippen LogP) is -2.26. The van der Waals surface area contributed by atoms with Gasteiger partial charge in [-0.25, -0.2) is 15.0 Å². The molecule has 1 aliphatic heterocycles. The number of hydrogen-bond donors (Lipinski definition) is 6. The number of imidazole rings is 1. The van der Waals surface area contributed by atoms with Crippen LogP contribution in [0.3, 0.4) is 0 Å². The van der Waals surface area contributed by atoms with Gasteiger partial charge >= 0.3 is 5.97 Å². The topological polar surface area (TPSA) is 198 Å². The number of carboxylic acids is 1. The number of aromatic nitrogens is 4. The number of carboxylic acid groups (broad SMARTS) is 1. The van der Waals surface area contributed by atoms with Crippen LogP contribution in [0.1, 0.15) is 19.1 Å². The molecule has 0 bridgehead atoms. The van der Waals surface area contributed by atoms with Crippen LogP contribution in [0.25, 0.3) is 11.2 Å². The third kappa shape index (κ3) is 5.26.